The minimum absolute atomic E-state index is 0.443. The van der Waals surface area contributed by atoms with Gasteiger partial charge in [-0.2, -0.15) is 0 Å². The minimum atomic E-state index is -0.598. The highest BCUT2D eigenvalue weighted by molar-refractivity contribution is 5.41. The Morgan fingerprint density at radius 3 is 2.57 bits per heavy atom. The highest BCUT2D eigenvalue weighted by atomic mass is 16.5. The molecule has 1 aromatic carbocycles. The summed E-state index contributed by atoms with van der Waals surface area (Å²) in [5.41, 5.74) is 0.767. The van der Waals surface area contributed by atoms with Crippen LogP contribution in [-0.2, 0) is 0 Å². The van der Waals surface area contributed by atoms with E-state index in [4.69, 9.17) is 9.47 Å². The third-order valence-corrected chi connectivity index (χ3v) is 4.54. The molecule has 4 heteroatoms. The summed E-state index contributed by atoms with van der Waals surface area (Å²) < 4.78 is 10.6. The molecule has 0 aromatic heterocycles. The Bertz CT molecular complexity index is 444. The maximum atomic E-state index is 10.4. The standard InChI is InChI=1S/C17H27NO3/c1-12(13-6-4-5-7-13)18-11-16(19)15-10-14(20-2)8-9-17(15)21-3/h8-10,12-13,16,18-19H,4-7,11H2,1-3H3/t12-,16?/m1/s1. The molecule has 0 saturated heterocycles. The highest BCUT2D eigenvalue weighted by Gasteiger charge is 2.22. The molecule has 2 N–H and O–H groups in total. The van der Waals surface area contributed by atoms with Crippen molar-refractivity contribution in [3.63, 3.8) is 0 Å². The molecule has 1 unspecified atom stereocenters. The third kappa shape index (κ3) is 4.11. The molecular formula is C17H27NO3. The van der Waals surface area contributed by atoms with E-state index in [1.165, 1.54) is 25.7 Å². The SMILES string of the molecule is COc1ccc(OC)c(C(O)CN[C@H](C)C2CCCC2)c1. The zero-order valence-corrected chi connectivity index (χ0v) is 13.3. The second-order valence-corrected chi connectivity index (χ2v) is 5.87. The molecule has 0 spiro atoms. The summed E-state index contributed by atoms with van der Waals surface area (Å²) in [4.78, 5) is 0. The first kappa shape index (κ1) is 16.1. The molecule has 4 nitrogen and oxygen atoms in total. The average molecular weight is 293 g/mol. The number of rotatable bonds is 7. The lowest BCUT2D eigenvalue weighted by atomic mass is 9.99. The van der Waals surface area contributed by atoms with E-state index in [-0.39, 0.29) is 0 Å². The number of hydrogen-bond donors (Lipinski definition) is 2. The van der Waals surface area contributed by atoms with Gasteiger partial charge < -0.3 is 19.9 Å². The van der Waals surface area contributed by atoms with Gasteiger partial charge in [-0.15, -0.1) is 0 Å². The molecular weight excluding hydrogens is 266 g/mol. The number of aliphatic hydroxyl groups excluding tert-OH is 1. The second kappa shape index (κ2) is 7.66. The smallest absolute Gasteiger partial charge is 0.124 e. The quantitative estimate of drug-likeness (QED) is 0.811. The molecule has 0 amide bonds. The molecule has 1 aliphatic carbocycles. The van der Waals surface area contributed by atoms with Gasteiger partial charge in [-0.25, -0.2) is 0 Å². The van der Waals surface area contributed by atoms with Crippen molar-refractivity contribution in [2.24, 2.45) is 5.92 Å². The van der Waals surface area contributed by atoms with Crippen LogP contribution >= 0.6 is 0 Å². The maximum Gasteiger partial charge on any atom is 0.124 e. The summed E-state index contributed by atoms with van der Waals surface area (Å²) in [5, 5.41) is 13.9. The van der Waals surface area contributed by atoms with Gasteiger partial charge >= 0.3 is 0 Å². The topological polar surface area (TPSA) is 50.7 Å². The van der Waals surface area contributed by atoms with E-state index in [2.05, 4.69) is 12.2 Å². The molecule has 2 rings (SSSR count). The van der Waals surface area contributed by atoms with Crippen molar-refractivity contribution in [1.29, 1.82) is 0 Å². The number of nitrogens with one attached hydrogen (secondary N) is 1. The van der Waals surface area contributed by atoms with Crippen molar-refractivity contribution >= 4 is 0 Å². The van der Waals surface area contributed by atoms with Gasteiger partial charge in [0.25, 0.3) is 0 Å². The van der Waals surface area contributed by atoms with Crippen LogP contribution in [0.1, 0.15) is 44.3 Å². The van der Waals surface area contributed by atoms with Crippen LogP contribution in [0.4, 0.5) is 0 Å². The van der Waals surface area contributed by atoms with Gasteiger partial charge in [0.2, 0.25) is 0 Å². The summed E-state index contributed by atoms with van der Waals surface area (Å²) in [5.74, 6) is 2.16. The predicted octanol–water partition coefficient (Wildman–Crippen LogP) is 2.91. The van der Waals surface area contributed by atoms with E-state index in [0.29, 0.717) is 18.3 Å². The first-order valence-corrected chi connectivity index (χ1v) is 7.79. The third-order valence-electron chi connectivity index (χ3n) is 4.54. The molecule has 21 heavy (non-hydrogen) atoms. The maximum absolute atomic E-state index is 10.4. The summed E-state index contributed by atoms with van der Waals surface area (Å²) >= 11 is 0. The van der Waals surface area contributed by atoms with Crippen LogP contribution in [0.3, 0.4) is 0 Å². The van der Waals surface area contributed by atoms with Gasteiger partial charge in [-0.05, 0) is 43.9 Å². The number of aliphatic hydroxyl groups is 1. The lowest BCUT2D eigenvalue weighted by Crippen LogP contribution is -2.35. The lowest BCUT2D eigenvalue weighted by molar-refractivity contribution is 0.161. The van der Waals surface area contributed by atoms with Gasteiger partial charge in [-0.3, -0.25) is 0 Å². The van der Waals surface area contributed by atoms with Crippen molar-refractivity contribution in [2.45, 2.75) is 44.8 Å². The fourth-order valence-corrected chi connectivity index (χ4v) is 3.13. The molecule has 2 atom stereocenters. The van der Waals surface area contributed by atoms with Gasteiger partial charge in [-0.1, -0.05) is 12.8 Å². The summed E-state index contributed by atoms with van der Waals surface area (Å²) in [6.07, 6.45) is 4.67. The fourth-order valence-electron chi connectivity index (χ4n) is 3.13. The first-order valence-electron chi connectivity index (χ1n) is 7.79. The van der Waals surface area contributed by atoms with Gasteiger partial charge in [0.1, 0.15) is 11.5 Å². The van der Waals surface area contributed by atoms with Gasteiger partial charge in [0, 0.05) is 18.2 Å². The van der Waals surface area contributed by atoms with Crippen LogP contribution in [-0.4, -0.2) is 31.9 Å². The van der Waals surface area contributed by atoms with Crippen molar-refractivity contribution in [3.05, 3.63) is 23.8 Å². The predicted molar refractivity (Wildman–Crippen MR) is 83.9 cm³/mol. The Morgan fingerprint density at radius 1 is 1.24 bits per heavy atom. The Kier molecular flexibility index (Phi) is 5.88. The number of hydrogen-bond acceptors (Lipinski definition) is 4. The molecule has 118 valence electrons. The van der Waals surface area contributed by atoms with Crippen LogP contribution < -0.4 is 14.8 Å². The zero-order valence-electron chi connectivity index (χ0n) is 13.3. The highest BCUT2D eigenvalue weighted by Crippen LogP contribution is 2.30. The van der Waals surface area contributed by atoms with E-state index in [9.17, 15) is 5.11 Å². The van der Waals surface area contributed by atoms with Crippen LogP contribution in [0.2, 0.25) is 0 Å². The minimum Gasteiger partial charge on any atom is -0.497 e. The van der Waals surface area contributed by atoms with Crippen molar-refractivity contribution in [3.8, 4) is 11.5 Å². The molecule has 0 bridgehead atoms. The Labute approximate surface area is 127 Å². The Balaban J connectivity index is 1.97. The molecule has 1 fully saturated rings. The number of methoxy groups -OCH3 is 2. The van der Waals surface area contributed by atoms with E-state index in [1.54, 1.807) is 14.2 Å². The number of ether oxygens (including phenoxy) is 2. The lowest BCUT2D eigenvalue weighted by Gasteiger charge is -2.23. The Hall–Kier alpha value is -1.26. The molecule has 1 aromatic rings. The Morgan fingerprint density at radius 2 is 1.95 bits per heavy atom. The first-order chi connectivity index (χ1) is 10.2. The second-order valence-electron chi connectivity index (χ2n) is 5.87. The zero-order chi connectivity index (χ0) is 15.2. The normalized spacial score (nSPS) is 18.5. The monoisotopic (exact) mass is 293 g/mol. The van der Waals surface area contributed by atoms with Crippen LogP contribution in [0.25, 0.3) is 0 Å². The van der Waals surface area contributed by atoms with E-state index in [1.807, 2.05) is 18.2 Å². The summed E-state index contributed by atoms with van der Waals surface area (Å²) in [7, 11) is 3.24. The van der Waals surface area contributed by atoms with E-state index >= 15 is 0 Å². The summed E-state index contributed by atoms with van der Waals surface area (Å²) in [6, 6.07) is 5.95. The van der Waals surface area contributed by atoms with Gasteiger partial charge in [0.15, 0.2) is 0 Å². The van der Waals surface area contributed by atoms with Gasteiger partial charge in [0.05, 0.1) is 20.3 Å². The molecule has 0 aliphatic heterocycles. The van der Waals surface area contributed by atoms with Crippen molar-refractivity contribution < 1.29 is 14.6 Å². The van der Waals surface area contributed by atoms with E-state index < -0.39 is 6.10 Å². The van der Waals surface area contributed by atoms with Crippen LogP contribution in [0.5, 0.6) is 11.5 Å². The molecule has 0 heterocycles. The molecule has 1 aliphatic rings. The van der Waals surface area contributed by atoms with Crippen LogP contribution in [0.15, 0.2) is 18.2 Å². The van der Waals surface area contributed by atoms with Crippen molar-refractivity contribution in [1.82, 2.24) is 5.32 Å². The summed E-state index contributed by atoms with van der Waals surface area (Å²) in [6.45, 7) is 2.74. The van der Waals surface area contributed by atoms with E-state index in [0.717, 1.165) is 17.2 Å². The van der Waals surface area contributed by atoms with Crippen molar-refractivity contribution in [2.75, 3.05) is 20.8 Å². The molecule has 0 radical (unpaired) electrons. The van der Waals surface area contributed by atoms with Crippen LogP contribution in [0, 0.1) is 5.92 Å². The average Bonchev–Trinajstić information content (AvgIpc) is 3.06. The largest absolute Gasteiger partial charge is 0.497 e. The molecule has 1 saturated carbocycles. The number of benzene rings is 1. The fraction of sp³-hybridized carbons (Fsp3) is 0.647.